The molecule has 2 aliphatic carbocycles. The maximum Gasteiger partial charge on any atom is 0.234 e. The molecule has 1 unspecified atom stereocenters. The highest BCUT2D eigenvalue weighted by Gasteiger charge is 2.29. The number of carbonyl (C=O) groups excluding carboxylic acids is 1. The summed E-state index contributed by atoms with van der Waals surface area (Å²) in [5.41, 5.74) is 5.55. The summed E-state index contributed by atoms with van der Waals surface area (Å²) in [6.45, 7) is 6.74. The summed E-state index contributed by atoms with van der Waals surface area (Å²) in [4.78, 5) is 14.2. The smallest absolute Gasteiger partial charge is 0.234 e. The zero-order valence-electron chi connectivity index (χ0n) is 13.8. The molecule has 2 aliphatic rings. The standard InChI is InChI=1S/C17H33N3O/c1-13(2)9-11-20(15-5-3-4-6-15)12-10-16(17(18)21)19-14-7-8-14/h13-16,19H,3-12H2,1-2H3,(H2,18,21). The molecule has 4 nitrogen and oxygen atoms in total. The van der Waals surface area contributed by atoms with Crippen LogP contribution < -0.4 is 11.1 Å². The number of hydrogen-bond donors (Lipinski definition) is 2. The summed E-state index contributed by atoms with van der Waals surface area (Å²) < 4.78 is 0. The fourth-order valence-corrected chi connectivity index (χ4v) is 3.31. The number of primary amides is 1. The zero-order chi connectivity index (χ0) is 15.2. The van der Waals surface area contributed by atoms with E-state index in [1.165, 1.54) is 44.9 Å². The molecule has 0 aromatic heterocycles. The first-order chi connectivity index (χ1) is 10.1. The van der Waals surface area contributed by atoms with Crippen molar-refractivity contribution in [1.29, 1.82) is 0 Å². The van der Waals surface area contributed by atoms with Crippen LogP contribution in [0.5, 0.6) is 0 Å². The van der Waals surface area contributed by atoms with E-state index < -0.39 is 0 Å². The van der Waals surface area contributed by atoms with Crippen LogP contribution in [-0.4, -0.2) is 42.0 Å². The summed E-state index contributed by atoms with van der Waals surface area (Å²) in [5, 5.41) is 3.40. The van der Waals surface area contributed by atoms with E-state index in [0.717, 1.165) is 31.5 Å². The third kappa shape index (κ3) is 5.95. The lowest BCUT2D eigenvalue weighted by molar-refractivity contribution is -0.120. The predicted molar refractivity (Wildman–Crippen MR) is 87.0 cm³/mol. The van der Waals surface area contributed by atoms with Crippen molar-refractivity contribution in [3.05, 3.63) is 0 Å². The first kappa shape index (κ1) is 16.8. The Morgan fingerprint density at radius 3 is 2.29 bits per heavy atom. The summed E-state index contributed by atoms with van der Waals surface area (Å²) in [6, 6.07) is 1.14. The van der Waals surface area contributed by atoms with Crippen molar-refractivity contribution in [2.75, 3.05) is 13.1 Å². The van der Waals surface area contributed by atoms with Gasteiger partial charge in [0.05, 0.1) is 6.04 Å². The molecule has 21 heavy (non-hydrogen) atoms. The van der Waals surface area contributed by atoms with Gasteiger partial charge in [-0.3, -0.25) is 4.79 Å². The highest BCUT2D eigenvalue weighted by atomic mass is 16.1. The Labute approximate surface area is 129 Å². The molecule has 1 amide bonds. The van der Waals surface area contributed by atoms with Crippen LogP contribution in [-0.2, 0) is 4.79 Å². The molecule has 0 spiro atoms. The van der Waals surface area contributed by atoms with Crippen LogP contribution in [0.3, 0.4) is 0 Å². The third-order valence-electron chi connectivity index (χ3n) is 4.90. The molecular weight excluding hydrogens is 262 g/mol. The average Bonchev–Trinajstić information content (AvgIpc) is 3.08. The predicted octanol–water partition coefficient (Wildman–Crippen LogP) is 2.27. The van der Waals surface area contributed by atoms with Gasteiger partial charge in [-0.1, -0.05) is 26.7 Å². The molecule has 0 heterocycles. The Balaban J connectivity index is 1.81. The van der Waals surface area contributed by atoms with Gasteiger partial charge in [0, 0.05) is 18.6 Å². The van der Waals surface area contributed by atoms with Crippen molar-refractivity contribution in [2.24, 2.45) is 11.7 Å². The molecular formula is C17H33N3O. The maximum absolute atomic E-state index is 11.6. The number of amides is 1. The average molecular weight is 295 g/mol. The number of rotatable bonds is 10. The van der Waals surface area contributed by atoms with E-state index in [1.807, 2.05) is 0 Å². The molecule has 2 saturated carbocycles. The van der Waals surface area contributed by atoms with Gasteiger partial charge in [-0.15, -0.1) is 0 Å². The van der Waals surface area contributed by atoms with Gasteiger partial charge in [0.25, 0.3) is 0 Å². The Morgan fingerprint density at radius 1 is 1.14 bits per heavy atom. The van der Waals surface area contributed by atoms with Crippen LogP contribution in [0.15, 0.2) is 0 Å². The van der Waals surface area contributed by atoms with Crippen molar-refractivity contribution < 1.29 is 4.79 Å². The van der Waals surface area contributed by atoms with E-state index in [0.29, 0.717) is 6.04 Å². The Kier molecular flexibility index (Phi) is 6.49. The lowest BCUT2D eigenvalue weighted by Gasteiger charge is -2.30. The van der Waals surface area contributed by atoms with Crippen LogP contribution in [0, 0.1) is 5.92 Å². The summed E-state index contributed by atoms with van der Waals surface area (Å²) in [7, 11) is 0. The molecule has 1 atom stereocenters. The number of hydrogen-bond acceptors (Lipinski definition) is 3. The first-order valence-corrected chi connectivity index (χ1v) is 8.85. The van der Waals surface area contributed by atoms with Crippen molar-refractivity contribution in [2.45, 2.75) is 83.3 Å². The van der Waals surface area contributed by atoms with Gasteiger partial charge in [0.2, 0.25) is 5.91 Å². The lowest BCUT2D eigenvalue weighted by atomic mass is 10.1. The van der Waals surface area contributed by atoms with E-state index in [-0.39, 0.29) is 11.9 Å². The van der Waals surface area contributed by atoms with Crippen LogP contribution >= 0.6 is 0 Å². The molecule has 3 N–H and O–H groups in total. The molecule has 2 fully saturated rings. The fourth-order valence-electron chi connectivity index (χ4n) is 3.31. The first-order valence-electron chi connectivity index (χ1n) is 8.85. The van der Waals surface area contributed by atoms with Crippen LogP contribution in [0.2, 0.25) is 0 Å². The molecule has 0 bridgehead atoms. The number of nitrogens with zero attached hydrogens (tertiary/aromatic N) is 1. The second kappa shape index (κ2) is 8.14. The number of nitrogens with two attached hydrogens (primary N) is 1. The number of nitrogens with one attached hydrogen (secondary N) is 1. The molecule has 0 aromatic rings. The maximum atomic E-state index is 11.6. The van der Waals surface area contributed by atoms with Gasteiger partial charge in [-0.25, -0.2) is 0 Å². The molecule has 0 aliphatic heterocycles. The summed E-state index contributed by atoms with van der Waals surface area (Å²) >= 11 is 0. The second-order valence-corrected chi connectivity index (χ2v) is 7.34. The monoisotopic (exact) mass is 295 g/mol. The fraction of sp³-hybridized carbons (Fsp3) is 0.941. The van der Waals surface area contributed by atoms with Crippen molar-refractivity contribution in [3.63, 3.8) is 0 Å². The van der Waals surface area contributed by atoms with Crippen LogP contribution in [0.25, 0.3) is 0 Å². The van der Waals surface area contributed by atoms with E-state index in [4.69, 9.17) is 5.73 Å². The normalized spacial score (nSPS) is 21.3. The molecule has 4 heteroatoms. The van der Waals surface area contributed by atoms with Crippen LogP contribution in [0.4, 0.5) is 0 Å². The van der Waals surface area contributed by atoms with Gasteiger partial charge in [-0.2, -0.15) is 0 Å². The molecule has 0 radical (unpaired) electrons. The number of carbonyl (C=O) groups is 1. The minimum Gasteiger partial charge on any atom is -0.368 e. The molecule has 2 rings (SSSR count). The minimum absolute atomic E-state index is 0.138. The highest BCUT2D eigenvalue weighted by molar-refractivity contribution is 5.79. The lowest BCUT2D eigenvalue weighted by Crippen LogP contribution is -2.46. The summed E-state index contributed by atoms with van der Waals surface area (Å²) in [6.07, 6.45) is 9.89. The molecule has 0 aromatic carbocycles. The van der Waals surface area contributed by atoms with Gasteiger partial charge in [0.15, 0.2) is 0 Å². The van der Waals surface area contributed by atoms with Crippen molar-refractivity contribution in [3.8, 4) is 0 Å². The minimum atomic E-state index is -0.183. The van der Waals surface area contributed by atoms with Gasteiger partial charge < -0.3 is 16.0 Å². The van der Waals surface area contributed by atoms with E-state index in [2.05, 4.69) is 24.1 Å². The third-order valence-corrected chi connectivity index (χ3v) is 4.90. The Bertz CT molecular complexity index is 322. The highest BCUT2D eigenvalue weighted by Crippen LogP contribution is 2.25. The summed E-state index contributed by atoms with van der Waals surface area (Å²) in [5.74, 6) is 0.558. The van der Waals surface area contributed by atoms with E-state index in [9.17, 15) is 4.79 Å². The van der Waals surface area contributed by atoms with Crippen molar-refractivity contribution >= 4 is 5.91 Å². The molecule has 0 saturated heterocycles. The van der Waals surface area contributed by atoms with E-state index >= 15 is 0 Å². The Hall–Kier alpha value is -0.610. The van der Waals surface area contributed by atoms with Crippen molar-refractivity contribution in [1.82, 2.24) is 10.2 Å². The second-order valence-electron chi connectivity index (χ2n) is 7.34. The van der Waals surface area contributed by atoms with Crippen LogP contribution in [0.1, 0.15) is 65.2 Å². The van der Waals surface area contributed by atoms with Gasteiger partial charge >= 0.3 is 0 Å². The van der Waals surface area contributed by atoms with E-state index in [1.54, 1.807) is 0 Å². The zero-order valence-corrected chi connectivity index (χ0v) is 13.8. The largest absolute Gasteiger partial charge is 0.368 e. The molecule has 122 valence electrons. The topological polar surface area (TPSA) is 58.4 Å². The van der Waals surface area contributed by atoms with Gasteiger partial charge in [0.1, 0.15) is 0 Å². The SMILES string of the molecule is CC(C)CCN(CCC(NC1CC1)C(N)=O)C1CCCC1. The van der Waals surface area contributed by atoms with Gasteiger partial charge in [-0.05, 0) is 51.0 Å². The quantitative estimate of drug-likeness (QED) is 0.650. The Morgan fingerprint density at radius 2 is 1.76 bits per heavy atom.